The van der Waals surface area contributed by atoms with E-state index in [1.54, 1.807) is 19.2 Å². The van der Waals surface area contributed by atoms with Crippen molar-refractivity contribution in [3.63, 3.8) is 0 Å². The Bertz CT molecular complexity index is 677. The molecular weight excluding hydrogens is 362 g/mol. The first-order valence-electron chi connectivity index (χ1n) is 8.34. The molecule has 25 heavy (non-hydrogen) atoms. The van der Waals surface area contributed by atoms with Gasteiger partial charge in [-0.3, -0.25) is 4.79 Å². The molecule has 2 unspecified atom stereocenters. The Morgan fingerprint density at radius 3 is 2.40 bits per heavy atom. The standard InChI is InChI=1S/C17H27N3O3S.ClH/c1-12(2)20(4)24(22,23)16-7-5-14(6-8-16)17(21)19-15-9-10-18-13(3)11-15;/h5-8,12-13,15,18H,9-11H2,1-4H3,(H,19,21);1H. The van der Waals surface area contributed by atoms with Crippen LogP contribution in [0.1, 0.15) is 44.0 Å². The van der Waals surface area contributed by atoms with Gasteiger partial charge in [-0.25, -0.2) is 8.42 Å². The lowest BCUT2D eigenvalue weighted by Gasteiger charge is -2.28. The van der Waals surface area contributed by atoms with Crippen LogP contribution in [0.15, 0.2) is 29.2 Å². The molecule has 0 aromatic heterocycles. The molecule has 0 bridgehead atoms. The lowest BCUT2D eigenvalue weighted by atomic mass is 10.0. The number of hydrogen-bond donors (Lipinski definition) is 2. The van der Waals surface area contributed by atoms with Crippen molar-refractivity contribution in [1.29, 1.82) is 0 Å². The van der Waals surface area contributed by atoms with Crippen LogP contribution in [0.2, 0.25) is 0 Å². The van der Waals surface area contributed by atoms with Crippen molar-refractivity contribution in [2.45, 2.75) is 56.6 Å². The second-order valence-corrected chi connectivity index (χ2v) is 8.69. The third kappa shape index (κ3) is 5.41. The number of carbonyl (C=O) groups excluding carboxylic acids is 1. The number of hydrogen-bond acceptors (Lipinski definition) is 4. The molecule has 0 spiro atoms. The number of halogens is 1. The topological polar surface area (TPSA) is 78.5 Å². The third-order valence-corrected chi connectivity index (χ3v) is 6.53. The highest BCUT2D eigenvalue weighted by atomic mass is 35.5. The van der Waals surface area contributed by atoms with Crippen molar-refractivity contribution in [3.05, 3.63) is 29.8 Å². The summed E-state index contributed by atoms with van der Waals surface area (Å²) in [4.78, 5) is 12.5. The number of rotatable bonds is 5. The molecule has 1 aromatic carbocycles. The molecule has 1 heterocycles. The maximum Gasteiger partial charge on any atom is 0.251 e. The van der Waals surface area contributed by atoms with Crippen molar-refractivity contribution in [1.82, 2.24) is 14.9 Å². The monoisotopic (exact) mass is 389 g/mol. The molecular formula is C17H28ClN3O3S. The van der Waals surface area contributed by atoms with Crippen LogP contribution < -0.4 is 10.6 Å². The van der Waals surface area contributed by atoms with E-state index in [0.29, 0.717) is 11.6 Å². The predicted molar refractivity (Wildman–Crippen MR) is 102 cm³/mol. The van der Waals surface area contributed by atoms with E-state index in [1.165, 1.54) is 16.4 Å². The Kier molecular flexibility index (Phi) is 7.87. The number of sulfonamides is 1. The van der Waals surface area contributed by atoms with Gasteiger partial charge < -0.3 is 10.6 Å². The molecule has 6 nitrogen and oxygen atoms in total. The summed E-state index contributed by atoms with van der Waals surface area (Å²) in [6.45, 7) is 6.63. The maximum atomic E-state index is 12.4. The number of piperidine rings is 1. The van der Waals surface area contributed by atoms with E-state index in [0.717, 1.165) is 19.4 Å². The summed E-state index contributed by atoms with van der Waals surface area (Å²) in [5.74, 6) is -0.157. The van der Waals surface area contributed by atoms with Crippen LogP contribution in [0.5, 0.6) is 0 Å². The molecule has 0 saturated carbocycles. The third-order valence-electron chi connectivity index (χ3n) is 4.48. The molecule has 1 amide bonds. The largest absolute Gasteiger partial charge is 0.349 e. The van der Waals surface area contributed by atoms with Gasteiger partial charge in [0.2, 0.25) is 10.0 Å². The number of benzene rings is 1. The lowest BCUT2D eigenvalue weighted by molar-refractivity contribution is 0.0925. The highest BCUT2D eigenvalue weighted by molar-refractivity contribution is 7.89. The minimum Gasteiger partial charge on any atom is -0.349 e. The maximum absolute atomic E-state index is 12.4. The number of nitrogens with one attached hydrogen (secondary N) is 2. The number of nitrogens with zero attached hydrogens (tertiary/aromatic N) is 1. The number of amides is 1. The first-order chi connectivity index (χ1) is 11.2. The predicted octanol–water partition coefficient (Wildman–Crippen LogP) is 2.01. The van der Waals surface area contributed by atoms with Gasteiger partial charge in [0.05, 0.1) is 4.90 Å². The molecule has 1 aromatic rings. The van der Waals surface area contributed by atoms with E-state index < -0.39 is 10.0 Å². The quantitative estimate of drug-likeness (QED) is 0.807. The van der Waals surface area contributed by atoms with Crippen molar-refractivity contribution < 1.29 is 13.2 Å². The summed E-state index contributed by atoms with van der Waals surface area (Å²) in [6, 6.07) is 6.55. The Morgan fingerprint density at radius 2 is 1.88 bits per heavy atom. The van der Waals surface area contributed by atoms with Crippen LogP contribution in [-0.2, 0) is 10.0 Å². The smallest absolute Gasteiger partial charge is 0.251 e. The fourth-order valence-corrected chi connectivity index (χ4v) is 4.12. The highest BCUT2D eigenvalue weighted by Gasteiger charge is 2.24. The fourth-order valence-electron chi connectivity index (χ4n) is 2.75. The fraction of sp³-hybridized carbons (Fsp3) is 0.588. The Balaban J connectivity index is 0.00000312. The minimum atomic E-state index is -3.52. The second kappa shape index (κ2) is 8.98. The zero-order valence-corrected chi connectivity index (χ0v) is 16.8. The van der Waals surface area contributed by atoms with Crippen molar-refractivity contribution in [2.75, 3.05) is 13.6 Å². The van der Waals surface area contributed by atoms with Crippen LogP contribution in [0.3, 0.4) is 0 Å². The summed E-state index contributed by atoms with van der Waals surface area (Å²) in [5.41, 5.74) is 0.479. The first-order valence-corrected chi connectivity index (χ1v) is 9.78. The Labute approximate surface area is 156 Å². The van der Waals surface area contributed by atoms with E-state index in [9.17, 15) is 13.2 Å². The Hall–Kier alpha value is -1.15. The van der Waals surface area contributed by atoms with Gasteiger partial charge in [0.25, 0.3) is 5.91 Å². The molecule has 2 rings (SSSR count). The molecule has 0 aliphatic carbocycles. The van der Waals surface area contributed by atoms with Gasteiger partial charge in [-0.2, -0.15) is 4.31 Å². The molecule has 1 aliphatic heterocycles. The summed E-state index contributed by atoms with van der Waals surface area (Å²) in [6.07, 6.45) is 1.80. The van der Waals surface area contributed by atoms with Crippen LogP contribution in [0.25, 0.3) is 0 Å². The number of carbonyl (C=O) groups is 1. The van der Waals surface area contributed by atoms with Crippen molar-refractivity contribution in [2.24, 2.45) is 0 Å². The van der Waals surface area contributed by atoms with E-state index in [4.69, 9.17) is 0 Å². The molecule has 0 radical (unpaired) electrons. The van der Waals surface area contributed by atoms with Crippen LogP contribution in [0.4, 0.5) is 0 Å². The van der Waals surface area contributed by atoms with Gasteiger partial charge in [0, 0.05) is 30.7 Å². The van der Waals surface area contributed by atoms with E-state index in [1.807, 2.05) is 13.8 Å². The molecule has 2 atom stereocenters. The van der Waals surface area contributed by atoms with Crippen molar-refractivity contribution in [3.8, 4) is 0 Å². The van der Waals surface area contributed by atoms with Crippen LogP contribution >= 0.6 is 12.4 Å². The highest BCUT2D eigenvalue weighted by Crippen LogP contribution is 2.17. The average Bonchev–Trinajstić information content (AvgIpc) is 2.54. The first kappa shape index (κ1) is 21.9. The molecule has 2 N–H and O–H groups in total. The van der Waals surface area contributed by atoms with Crippen LogP contribution in [0, 0.1) is 0 Å². The van der Waals surface area contributed by atoms with Crippen molar-refractivity contribution >= 4 is 28.3 Å². The summed E-state index contributed by atoms with van der Waals surface area (Å²) in [5, 5.41) is 6.37. The SMILES string of the molecule is CC1CC(NC(=O)c2ccc(S(=O)(=O)N(C)C(C)C)cc2)CCN1.Cl. The summed E-state index contributed by atoms with van der Waals surface area (Å²) >= 11 is 0. The van der Waals surface area contributed by atoms with Gasteiger partial charge >= 0.3 is 0 Å². The Morgan fingerprint density at radius 1 is 1.28 bits per heavy atom. The van der Waals surface area contributed by atoms with E-state index >= 15 is 0 Å². The zero-order chi connectivity index (χ0) is 17.9. The summed E-state index contributed by atoms with van der Waals surface area (Å²) < 4.78 is 26.2. The second-order valence-electron chi connectivity index (χ2n) is 6.69. The molecule has 142 valence electrons. The van der Waals surface area contributed by atoms with Gasteiger partial charge in [-0.05, 0) is 64.4 Å². The normalized spacial score (nSPS) is 21.0. The van der Waals surface area contributed by atoms with E-state index in [2.05, 4.69) is 17.6 Å². The van der Waals surface area contributed by atoms with E-state index in [-0.39, 0.29) is 35.3 Å². The zero-order valence-electron chi connectivity index (χ0n) is 15.2. The van der Waals surface area contributed by atoms with Gasteiger partial charge in [-0.1, -0.05) is 0 Å². The summed E-state index contributed by atoms with van der Waals surface area (Å²) in [7, 11) is -1.97. The van der Waals surface area contributed by atoms with Gasteiger partial charge in [0.1, 0.15) is 0 Å². The minimum absolute atomic E-state index is 0. The lowest BCUT2D eigenvalue weighted by Crippen LogP contribution is -2.46. The average molecular weight is 390 g/mol. The van der Waals surface area contributed by atoms with Crippen LogP contribution in [-0.4, -0.2) is 50.3 Å². The molecule has 1 saturated heterocycles. The molecule has 1 fully saturated rings. The van der Waals surface area contributed by atoms with Gasteiger partial charge in [-0.15, -0.1) is 12.4 Å². The molecule has 1 aliphatic rings. The van der Waals surface area contributed by atoms with Gasteiger partial charge in [0.15, 0.2) is 0 Å². The molecule has 8 heteroatoms.